The quantitative estimate of drug-likeness (QED) is 0.687. The predicted octanol–water partition coefficient (Wildman–Crippen LogP) is 4.15. The number of benzene rings is 2. The second-order valence-electron chi connectivity index (χ2n) is 4.17. The molecule has 90 valence electrons. The van der Waals surface area contributed by atoms with Crippen molar-refractivity contribution in [2.45, 2.75) is 6.92 Å². The predicted molar refractivity (Wildman–Crippen MR) is 76.3 cm³/mol. The highest BCUT2D eigenvalue weighted by Crippen LogP contribution is 2.31. The van der Waals surface area contributed by atoms with Crippen molar-refractivity contribution in [3.8, 4) is 11.5 Å². The zero-order valence-electron chi connectivity index (χ0n) is 9.77. The average molecular weight is 303 g/mol. The molecule has 2 aromatic carbocycles. The summed E-state index contributed by atoms with van der Waals surface area (Å²) >= 11 is 3.43. The molecule has 0 aliphatic rings. The van der Waals surface area contributed by atoms with Crippen LogP contribution in [-0.4, -0.2) is 4.98 Å². The summed E-state index contributed by atoms with van der Waals surface area (Å²) in [6.07, 6.45) is 0. The summed E-state index contributed by atoms with van der Waals surface area (Å²) in [5.74, 6) is 0.554. The maximum Gasteiger partial charge on any atom is 0.229 e. The number of nitrogens with zero attached hydrogens (tertiary/aromatic N) is 1. The molecule has 2 N–H and O–H groups in total. The summed E-state index contributed by atoms with van der Waals surface area (Å²) in [4.78, 5) is 4.48. The van der Waals surface area contributed by atoms with E-state index in [0.29, 0.717) is 11.6 Å². The lowest BCUT2D eigenvalue weighted by molar-refractivity contribution is 0.617. The summed E-state index contributed by atoms with van der Waals surface area (Å²) in [6, 6.07) is 11.5. The molecule has 0 amide bonds. The van der Waals surface area contributed by atoms with Crippen LogP contribution in [0.3, 0.4) is 0 Å². The van der Waals surface area contributed by atoms with E-state index in [4.69, 9.17) is 10.2 Å². The van der Waals surface area contributed by atoms with E-state index >= 15 is 0 Å². The molecule has 0 bridgehead atoms. The molecule has 3 nitrogen and oxygen atoms in total. The molecule has 1 aromatic heterocycles. The number of fused-ring (bicyclic) bond motifs is 1. The Kier molecular flexibility index (Phi) is 2.59. The average Bonchev–Trinajstić information content (AvgIpc) is 2.77. The largest absolute Gasteiger partial charge is 0.436 e. The summed E-state index contributed by atoms with van der Waals surface area (Å²) in [5.41, 5.74) is 10.2. The second kappa shape index (κ2) is 4.14. The molecule has 3 aromatic rings. The molecule has 0 spiro atoms. The van der Waals surface area contributed by atoms with Gasteiger partial charge in [0.05, 0.1) is 5.56 Å². The highest BCUT2D eigenvalue weighted by molar-refractivity contribution is 9.10. The van der Waals surface area contributed by atoms with Crippen LogP contribution in [0.2, 0.25) is 0 Å². The minimum absolute atomic E-state index is 0.554. The van der Waals surface area contributed by atoms with E-state index in [-0.39, 0.29) is 0 Å². The number of hydrogen-bond donors (Lipinski definition) is 1. The number of anilines is 1. The smallest absolute Gasteiger partial charge is 0.229 e. The zero-order valence-corrected chi connectivity index (χ0v) is 11.4. The molecule has 0 fully saturated rings. The van der Waals surface area contributed by atoms with Gasteiger partial charge in [0.15, 0.2) is 5.58 Å². The Balaban J connectivity index is 2.26. The number of rotatable bonds is 1. The first-order valence-electron chi connectivity index (χ1n) is 5.57. The lowest BCUT2D eigenvalue weighted by atomic mass is 10.2. The number of nitrogens with two attached hydrogens (primary N) is 1. The van der Waals surface area contributed by atoms with E-state index < -0.39 is 0 Å². The number of aryl methyl sites for hydroxylation is 1. The molecule has 0 saturated heterocycles. The lowest BCUT2D eigenvalue weighted by Crippen LogP contribution is -1.89. The molecule has 0 aliphatic carbocycles. The summed E-state index contributed by atoms with van der Waals surface area (Å²) in [5, 5.41) is 0. The van der Waals surface area contributed by atoms with Crippen LogP contribution in [0, 0.1) is 6.92 Å². The van der Waals surface area contributed by atoms with Gasteiger partial charge in [-0.15, -0.1) is 0 Å². The first kappa shape index (κ1) is 11.3. The maximum absolute atomic E-state index is 5.96. The van der Waals surface area contributed by atoms with Gasteiger partial charge in [0.2, 0.25) is 5.89 Å². The lowest BCUT2D eigenvalue weighted by Gasteiger charge is -2.01. The van der Waals surface area contributed by atoms with Gasteiger partial charge in [0.1, 0.15) is 5.52 Å². The van der Waals surface area contributed by atoms with Gasteiger partial charge >= 0.3 is 0 Å². The fourth-order valence-corrected chi connectivity index (χ4v) is 2.28. The second-order valence-corrected chi connectivity index (χ2v) is 5.09. The molecule has 0 radical (unpaired) electrons. The highest BCUT2D eigenvalue weighted by Gasteiger charge is 2.12. The van der Waals surface area contributed by atoms with E-state index in [1.807, 2.05) is 43.3 Å². The van der Waals surface area contributed by atoms with E-state index in [0.717, 1.165) is 26.7 Å². The summed E-state index contributed by atoms with van der Waals surface area (Å²) in [6.45, 7) is 2.00. The van der Waals surface area contributed by atoms with Crippen LogP contribution < -0.4 is 5.73 Å². The van der Waals surface area contributed by atoms with Crippen LogP contribution in [0.4, 0.5) is 5.69 Å². The van der Waals surface area contributed by atoms with Crippen LogP contribution in [0.25, 0.3) is 22.6 Å². The van der Waals surface area contributed by atoms with Crippen LogP contribution in [0.1, 0.15) is 5.56 Å². The first-order valence-corrected chi connectivity index (χ1v) is 6.36. The van der Waals surface area contributed by atoms with Crippen molar-refractivity contribution >= 4 is 32.7 Å². The van der Waals surface area contributed by atoms with Gasteiger partial charge in [-0.2, -0.15) is 0 Å². The molecular formula is C14H11BrN2O. The Morgan fingerprint density at radius 2 is 2.06 bits per heavy atom. The Morgan fingerprint density at radius 3 is 2.83 bits per heavy atom. The van der Waals surface area contributed by atoms with Crippen LogP contribution in [0.15, 0.2) is 45.3 Å². The molecule has 3 rings (SSSR count). The van der Waals surface area contributed by atoms with E-state index in [2.05, 4.69) is 20.9 Å². The fourth-order valence-electron chi connectivity index (χ4n) is 1.92. The number of aromatic nitrogens is 1. The van der Waals surface area contributed by atoms with Crippen LogP contribution in [-0.2, 0) is 0 Å². The summed E-state index contributed by atoms with van der Waals surface area (Å²) in [7, 11) is 0. The van der Waals surface area contributed by atoms with Crippen molar-refractivity contribution in [1.82, 2.24) is 4.98 Å². The third kappa shape index (κ3) is 1.78. The number of nitrogen functional groups attached to an aromatic ring is 1. The topological polar surface area (TPSA) is 52.0 Å². The third-order valence-corrected chi connectivity index (χ3v) is 3.35. The van der Waals surface area contributed by atoms with Crippen molar-refractivity contribution in [3.63, 3.8) is 0 Å². The molecule has 0 aliphatic heterocycles. The molecular weight excluding hydrogens is 292 g/mol. The van der Waals surface area contributed by atoms with E-state index in [1.165, 1.54) is 0 Å². The number of halogens is 1. The number of hydrogen-bond acceptors (Lipinski definition) is 3. The van der Waals surface area contributed by atoms with Crippen molar-refractivity contribution in [3.05, 3.63) is 46.4 Å². The minimum atomic E-state index is 0.554. The van der Waals surface area contributed by atoms with Gasteiger partial charge in [-0.3, -0.25) is 0 Å². The SMILES string of the molecule is Cc1cccc2nc(-c3cc(Br)ccc3N)oc12. The van der Waals surface area contributed by atoms with Gasteiger partial charge in [-0.1, -0.05) is 28.1 Å². The number of oxazole rings is 1. The van der Waals surface area contributed by atoms with Crippen molar-refractivity contribution in [2.75, 3.05) is 5.73 Å². The maximum atomic E-state index is 5.96. The molecule has 0 atom stereocenters. The monoisotopic (exact) mass is 302 g/mol. The van der Waals surface area contributed by atoms with E-state index in [9.17, 15) is 0 Å². The van der Waals surface area contributed by atoms with Crippen molar-refractivity contribution in [2.24, 2.45) is 0 Å². The van der Waals surface area contributed by atoms with E-state index in [1.54, 1.807) is 0 Å². The van der Waals surface area contributed by atoms with Crippen LogP contribution >= 0.6 is 15.9 Å². The normalized spacial score (nSPS) is 11.0. The highest BCUT2D eigenvalue weighted by atomic mass is 79.9. The van der Waals surface area contributed by atoms with Gasteiger partial charge in [0.25, 0.3) is 0 Å². The molecule has 0 unspecified atom stereocenters. The van der Waals surface area contributed by atoms with Gasteiger partial charge in [-0.25, -0.2) is 4.98 Å². The fraction of sp³-hybridized carbons (Fsp3) is 0.0714. The first-order chi connectivity index (χ1) is 8.65. The molecule has 18 heavy (non-hydrogen) atoms. The molecule has 0 saturated carbocycles. The Bertz CT molecular complexity index is 734. The summed E-state index contributed by atoms with van der Waals surface area (Å²) < 4.78 is 6.76. The number of para-hydroxylation sites is 1. The molecule has 1 heterocycles. The van der Waals surface area contributed by atoms with Gasteiger partial charge in [0, 0.05) is 10.2 Å². The third-order valence-electron chi connectivity index (χ3n) is 2.86. The Morgan fingerprint density at radius 1 is 1.22 bits per heavy atom. The zero-order chi connectivity index (χ0) is 12.7. The van der Waals surface area contributed by atoms with Gasteiger partial charge < -0.3 is 10.2 Å². The molecule has 4 heteroatoms. The Hall–Kier alpha value is -1.81. The van der Waals surface area contributed by atoms with Gasteiger partial charge in [-0.05, 0) is 36.8 Å². The Labute approximate surface area is 113 Å². The van der Waals surface area contributed by atoms with Crippen molar-refractivity contribution < 1.29 is 4.42 Å². The van der Waals surface area contributed by atoms with Crippen molar-refractivity contribution in [1.29, 1.82) is 0 Å². The standard InChI is InChI=1S/C14H11BrN2O/c1-8-3-2-4-12-13(8)18-14(17-12)10-7-9(15)5-6-11(10)16/h2-7H,16H2,1H3. The van der Waals surface area contributed by atoms with Crippen LogP contribution in [0.5, 0.6) is 0 Å². The minimum Gasteiger partial charge on any atom is -0.436 e.